The highest BCUT2D eigenvalue weighted by Gasteiger charge is 2.14. The molecular weight excluding hydrogens is 352 g/mol. The smallest absolute Gasteiger partial charge is 0.387 e. The second-order valence-corrected chi connectivity index (χ2v) is 4.92. The number of anilines is 2. The topological polar surface area (TPSA) is 103 Å². The number of alkyl halides is 2. The maximum Gasteiger partial charge on any atom is 0.387 e. The number of non-ortho nitro benzene ring substituents is 1. The van der Waals surface area contributed by atoms with E-state index in [1.165, 1.54) is 43.5 Å². The minimum absolute atomic E-state index is 0.0746. The van der Waals surface area contributed by atoms with Gasteiger partial charge in [-0.05, 0) is 18.2 Å². The van der Waals surface area contributed by atoms with E-state index in [4.69, 9.17) is 4.74 Å². The Labute approximate surface area is 146 Å². The van der Waals surface area contributed by atoms with Crippen LogP contribution in [-0.4, -0.2) is 31.1 Å². The van der Waals surface area contributed by atoms with Gasteiger partial charge in [0.05, 0.1) is 30.0 Å². The molecule has 138 valence electrons. The Bertz CT molecular complexity index is 801. The average Bonchev–Trinajstić information content (AvgIpc) is 2.60. The fourth-order valence-electron chi connectivity index (χ4n) is 2.09. The maximum absolute atomic E-state index is 12.4. The molecule has 0 saturated carbocycles. The van der Waals surface area contributed by atoms with Crippen LogP contribution in [0.4, 0.5) is 25.8 Å². The van der Waals surface area contributed by atoms with Crippen molar-refractivity contribution in [2.75, 3.05) is 24.3 Å². The number of rotatable bonds is 8. The van der Waals surface area contributed by atoms with Crippen LogP contribution >= 0.6 is 0 Å². The fraction of sp³-hybridized carbons (Fsp3) is 0.188. The molecule has 0 aromatic heterocycles. The molecule has 0 spiro atoms. The quantitative estimate of drug-likeness (QED) is 0.548. The third-order valence-electron chi connectivity index (χ3n) is 3.21. The van der Waals surface area contributed by atoms with Crippen LogP contribution in [0, 0.1) is 10.1 Å². The molecule has 2 aromatic rings. The molecule has 0 heterocycles. The Morgan fingerprint density at radius 3 is 2.58 bits per heavy atom. The Morgan fingerprint density at radius 1 is 1.19 bits per heavy atom. The van der Waals surface area contributed by atoms with Crippen molar-refractivity contribution in [1.82, 2.24) is 0 Å². The molecule has 2 N–H and O–H groups in total. The van der Waals surface area contributed by atoms with Gasteiger partial charge in [0, 0.05) is 12.1 Å². The summed E-state index contributed by atoms with van der Waals surface area (Å²) in [5.41, 5.74) is 0.143. The number of halogens is 2. The predicted molar refractivity (Wildman–Crippen MR) is 89.8 cm³/mol. The number of nitrogens with zero attached hydrogens (tertiary/aromatic N) is 1. The number of carbonyl (C=O) groups is 1. The maximum atomic E-state index is 12.4. The van der Waals surface area contributed by atoms with Crippen LogP contribution < -0.4 is 20.1 Å². The molecule has 0 atom stereocenters. The molecule has 0 unspecified atom stereocenters. The number of nitrogens with one attached hydrogen (secondary N) is 2. The Balaban J connectivity index is 2.06. The van der Waals surface area contributed by atoms with Crippen LogP contribution in [0.5, 0.6) is 11.5 Å². The first-order valence-electron chi connectivity index (χ1n) is 7.30. The van der Waals surface area contributed by atoms with Crippen molar-refractivity contribution < 1.29 is 28.0 Å². The molecule has 0 aliphatic carbocycles. The number of ether oxygens (including phenoxy) is 2. The van der Waals surface area contributed by atoms with Crippen molar-refractivity contribution in [2.45, 2.75) is 6.61 Å². The lowest BCUT2D eigenvalue weighted by Gasteiger charge is -2.13. The summed E-state index contributed by atoms with van der Waals surface area (Å²) in [7, 11) is 1.38. The zero-order valence-electron chi connectivity index (χ0n) is 13.6. The zero-order chi connectivity index (χ0) is 19.1. The van der Waals surface area contributed by atoms with E-state index >= 15 is 0 Å². The van der Waals surface area contributed by atoms with Gasteiger partial charge >= 0.3 is 6.61 Å². The highest BCUT2D eigenvalue weighted by atomic mass is 19.3. The third-order valence-corrected chi connectivity index (χ3v) is 3.21. The van der Waals surface area contributed by atoms with E-state index in [-0.39, 0.29) is 29.4 Å². The van der Waals surface area contributed by atoms with Gasteiger partial charge < -0.3 is 20.1 Å². The number of benzene rings is 2. The van der Waals surface area contributed by atoms with Crippen molar-refractivity contribution in [1.29, 1.82) is 0 Å². The van der Waals surface area contributed by atoms with Gasteiger partial charge in [-0.2, -0.15) is 8.78 Å². The van der Waals surface area contributed by atoms with Gasteiger partial charge in [0.1, 0.15) is 11.5 Å². The molecule has 0 fully saturated rings. The number of hydrogen-bond donors (Lipinski definition) is 2. The molecule has 2 rings (SSSR count). The van der Waals surface area contributed by atoms with E-state index < -0.39 is 17.4 Å². The van der Waals surface area contributed by atoms with E-state index in [1.807, 2.05) is 0 Å². The lowest BCUT2D eigenvalue weighted by Crippen LogP contribution is -2.22. The van der Waals surface area contributed by atoms with Crippen LogP contribution in [0.2, 0.25) is 0 Å². The van der Waals surface area contributed by atoms with Crippen LogP contribution in [0.3, 0.4) is 0 Å². The van der Waals surface area contributed by atoms with Crippen molar-refractivity contribution in [2.24, 2.45) is 0 Å². The van der Waals surface area contributed by atoms with Crippen molar-refractivity contribution in [3.63, 3.8) is 0 Å². The van der Waals surface area contributed by atoms with E-state index in [0.29, 0.717) is 5.75 Å². The molecular formula is C16H15F2N3O5. The minimum atomic E-state index is -3.03. The number of amides is 1. The molecule has 0 saturated heterocycles. The van der Waals surface area contributed by atoms with Crippen molar-refractivity contribution in [3.8, 4) is 11.5 Å². The van der Waals surface area contributed by atoms with Crippen molar-refractivity contribution >= 4 is 23.0 Å². The van der Waals surface area contributed by atoms with Crippen molar-refractivity contribution in [3.05, 3.63) is 52.6 Å². The summed E-state index contributed by atoms with van der Waals surface area (Å²) in [4.78, 5) is 22.3. The highest BCUT2D eigenvalue weighted by Crippen LogP contribution is 2.29. The lowest BCUT2D eigenvalue weighted by molar-refractivity contribution is -0.384. The minimum Gasteiger partial charge on any atom is -0.495 e. The summed E-state index contributed by atoms with van der Waals surface area (Å²) < 4.78 is 34.2. The zero-order valence-corrected chi connectivity index (χ0v) is 13.6. The van der Waals surface area contributed by atoms with Crippen LogP contribution in [-0.2, 0) is 4.79 Å². The Hall–Kier alpha value is -3.43. The predicted octanol–water partition coefficient (Wildman–Crippen LogP) is 3.26. The molecule has 0 aliphatic heterocycles. The number of methoxy groups -OCH3 is 1. The summed E-state index contributed by atoms with van der Waals surface area (Å²) in [5, 5.41) is 16.0. The van der Waals surface area contributed by atoms with E-state index in [1.54, 1.807) is 6.07 Å². The molecule has 0 aliphatic rings. The van der Waals surface area contributed by atoms with E-state index in [2.05, 4.69) is 15.4 Å². The Kier molecular flexibility index (Phi) is 6.25. The standard InChI is InChI=1S/C16H15F2N3O5/c1-25-13-7-6-10(21(23)24)8-12(13)19-9-15(22)20-11-4-2-3-5-14(11)26-16(17)18/h2-8,16,19H,9H2,1H3,(H,20,22). The largest absolute Gasteiger partial charge is 0.495 e. The van der Waals surface area contributed by atoms with Gasteiger partial charge in [-0.15, -0.1) is 0 Å². The van der Waals surface area contributed by atoms with Gasteiger partial charge in [-0.1, -0.05) is 12.1 Å². The molecule has 8 nitrogen and oxygen atoms in total. The monoisotopic (exact) mass is 367 g/mol. The SMILES string of the molecule is COc1ccc([N+](=O)[O-])cc1NCC(=O)Nc1ccccc1OC(F)F. The van der Waals surface area contributed by atoms with Crippen LogP contribution in [0.15, 0.2) is 42.5 Å². The summed E-state index contributed by atoms with van der Waals surface area (Å²) in [5.74, 6) is -0.433. The second kappa shape index (κ2) is 8.60. The number of hydrogen-bond acceptors (Lipinski definition) is 6. The first-order chi connectivity index (χ1) is 12.4. The number of carbonyl (C=O) groups excluding carboxylic acids is 1. The van der Waals surface area contributed by atoms with Crippen LogP contribution in [0.25, 0.3) is 0 Å². The molecule has 2 aromatic carbocycles. The normalized spacial score (nSPS) is 10.3. The lowest BCUT2D eigenvalue weighted by atomic mass is 10.2. The average molecular weight is 367 g/mol. The Morgan fingerprint density at radius 2 is 1.92 bits per heavy atom. The van der Waals surface area contributed by atoms with Gasteiger partial charge in [-0.3, -0.25) is 14.9 Å². The fourth-order valence-corrected chi connectivity index (χ4v) is 2.09. The summed E-state index contributed by atoms with van der Waals surface area (Å²) in [6.45, 7) is -3.30. The molecule has 0 bridgehead atoms. The molecule has 0 radical (unpaired) electrons. The van der Waals surface area contributed by atoms with Gasteiger partial charge in [0.25, 0.3) is 5.69 Å². The highest BCUT2D eigenvalue weighted by molar-refractivity contribution is 5.95. The number of para-hydroxylation sites is 2. The summed E-state index contributed by atoms with van der Waals surface area (Å²) in [6.07, 6.45) is 0. The van der Waals surface area contributed by atoms with Gasteiger partial charge in [0.2, 0.25) is 5.91 Å². The van der Waals surface area contributed by atoms with Gasteiger partial charge in [0.15, 0.2) is 0 Å². The van der Waals surface area contributed by atoms with Crippen LogP contribution in [0.1, 0.15) is 0 Å². The number of nitro benzene ring substituents is 1. The van der Waals surface area contributed by atoms with Gasteiger partial charge in [-0.25, -0.2) is 0 Å². The second-order valence-electron chi connectivity index (χ2n) is 4.92. The summed E-state index contributed by atoms with van der Waals surface area (Å²) in [6, 6.07) is 9.61. The molecule has 1 amide bonds. The van der Waals surface area contributed by atoms with E-state index in [0.717, 1.165) is 0 Å². The third kappa shape index (κ3) is 5.03. The number of nitro groups is 1. The summed E-state index contributed by atoms with van der Waals surface area (Å²) >= 11 is 0. The molecule has 26 heavy (non-hydrogen) atoms. The molecule has 10 heteroatoms. The first kappa shape index (κ1) is 18.9. The van der Waals surface area contributed by atoms with E-state index in [9.17, 15) is 23.7 Å². The first-order valence-corrected chi connectivity index (χ1v) is 7.30.